The van der Waals surface area contributed by atoms with E-state index in [0.717, 1.165) is 42.7 Å². The van der Waals surface area contributed by atoms with Gasteiger partial charge in [0.1, 0.15) is 0 Å². The van der Waals surface area contributed by atoms with Gasteiger partial charge in [0.15, 0.2) is 0 Å². The highest BCUT2D eigenvalue weighted by Gasteiger charge is 2.45. The fourth-order valence-electron chi connectivity index (χ4n) is 9.23. The Kier molecular flexibility index (Phi) is 8.37. The van der Waals surface area contributed by atoms with Crippen molar-refractivity contribution in [2.24, 2.45) is 0 Å². The molecule has 1 atom stereocenters. The average Bonchev–Trinajstić information content (AvgIpc) is 3.83. The van der Waals surface area contributed by atoms with Crippen LogP contribution in [0, 0.1) is 0 Å². The van der Waals surface area contributed by atoms with Gasteiger partial charge < -0.3 is 9.80 Å². The van der Waals surface area contributed by atoms with Crippen LogP contribution in [0.4, 0.5) is 34.1 Å². The van der Waals surface area contributed by atoms with Crippen LogP contribution in [0.5, 0.6) is 0 Å². The first kappa shape index (κ1) is 33.0. The van der Waals surface area contributed by atoms with Gasteiger partial charge in [0.2, 0.25) is 0 Å². The van der Waals surface area contributed by atoms with Gasteiger partial charge in [-0.05, 0) is 131 Å². The van der Waals surface area contributed by atoms with Crippen molar-refractivity contribution in [3.8, 4) is 22.3 Å². The fraction of sp³-hybridized carbons (Fsp3) is 0.0943. The van der Waals surface area contributed by atoms with Crippen LogP contribution in [0.2, 0.25) is 0 Å². The number of nitrogens with zero attached hydrogens (tertiary/aromatic N) is 2. The van der Waals surface area contributed by atoms with Gasteiger partial charge in [-0.1, -0.05) is 140 Å². The number of hydrogen-bond acceptors (Lipinski definition) is 2. The summed E-state index contributed by atoms with van der Waals surface area (Å²) in [7, 11) is 0. The molecule has 8 aromatic rings. The van der Waals surface area contributed by atoms with Crippen LogP contribution in [-0.4, -0.2) is 0 Å². The largest absolute Gasteiger partial charge is 0.310 e. The first-order valence-electron chi connectivity index (χ1n) is 19.5. The summed E-state index contributed by atoms with van der Waals surface area (Å²) >= 11 is 0. The molecular formula is C53H42N2. The zero-order chi connectivity index (χ0) is 36.6. The van der Waals surface area contributed by atoms with Gasteiger partial charge in [-0.3, -0.25) is 0 Å². The third kappa shape index (κ3) is 5.91. The molecular weight excluding hydrogens is 665 g/mol. The highest BCUT2D eigenvalue weighted by Crippen LogP contribution is 2.55. The molecule has 0 N–H and O–H groups in total. The van der Waals surface area contributed by atoms with Crippen LogP contribution < -0.4 is 9.80 Å². The van der Waals surface area contributed by atoms with E-state index in [1.54, 1.807) is 0 Å². The van der Waals surface area contributed by atoms with Gasteiger partial charge in [-0.2, -0.15) is 0 Å². The molecule has 0 saturated heterocycles. The van der Waals surface area contributed by atoms with Crippen LogP contribution >= 0.6 is 0 Å². The lowest BCUT2D eigenvalue weighted by Crippen LogP contribution is -2.22. The van der Waals surface area contributed by atoms with Crippen molar-refractivity contribution >= 4 is 34.1 Å². The SMILES string of the molecule is c1ccc(-c2ccc(N(c3ccccc3)c3ccc4c(c3)[C@@]3(CC4)CCc4ccc(N(c5ccccc5)c5ccccc5-c5ccccc5)cc43)cc2)cc1. The highest BCUT2D eigenvalue weighted by molar-refractivity contribution is 5.88. The minimum absolute atomic E-state index is 0.0302. The molecule has 0 saturated carbocycles. The molecule has 0 unspecified atom stereocenters. The molecule has 0 aliphatic heterocycles. The third-order valence-electron chi connectivity index (χ3n) is 11.9. The second-order valence-electron chi connectivity index (χ2n) is 14.9. The van der Waals surface area contributed by atoms with Gasteiger partial charge >= 0.3 is 0 Å². The number of hydrogen-bond donors (Lipinski definition) is 0. The summed E-state index contributed by atoms with van der Waals surface area (Å²) < 4.78 is 0. The van der Waals surface area contributed by atoms with E-state index < -0.39 is 0 Å². The minimum atomic E-state index is -0.0302. The maximum Gasteiger partial charge on any atom is 0.0540 e. The van der Waals surface area contributed by atoms with Crippen molar-refractivity contribution in [2.75, 3.05) is 9.80 Å². The molecule has 0 fully saturated rings. The molecule has 2 aliphatic carbocycles. The number of aryl methyl sites for hydroxylation is 2. The Morgan fingerprint density at radius 2 is 0.745 bits per heavy atom. The van der Waals surface area contributed by atoms with E-state index in [0.29, 0.717) is 0 Å². The van der Waals surface area contributed by atoms with E-state index in [9.17, 15) is 0 Å². The van der Waals surface area contributed by atoms with Gasteiger partial charge in [0.25, 0.3) is 0 Å². The van der Waals surface area contributed by atoms with E-state index in [1.165, 1.54) is 61.6 Å². The molecule has 0 heterocycles. The van der Waals surface area contributed by atoms with E-state index in [4.69, 9.17) is 0 Å². The first-order valence-corrected chi connectivity index (χ1v) is 19.5. The predicted molar refractivity (Wildman–Crippen MR) is 231 cm³/mol. The third-order valence-corrected chi connectivity index (χ3v) is 11.9. The first-order chi connectivity index (χ1) is 27.2. The second kappa shape index (κ2) is 14.0. The average molecular weight is 707 g/mol. The molecule has 10 rings (SSSR count). The highest BCUT2D eigenvalue weighted by atomic mass is 15.1. The summed E-state index contributed by atoms with van der Waals surface area (Å²) in [6.45, 7) is 0. The molecule has 264 valence electrons. The lowest BCUT2D eigenvalue weighted by molar-refractivity contribution is 0.507. The topological polar surface area (TPSA) is 6.48 Å². The Hall–Kier alpha value is -6.64. The lowest BCUT2D eigenvalue weighted by atomic mass is 9.76. The normalized spacial score (nSPS) is 15.4. The van der Waals surface area contributed by atoms with Gasteiger partial charge in [0.05, 0.1) is 5.69 Å². The molecule has 0 bridgehead atoms. The van der Waals surface area contributed by atoms with Gasteiger partial charge in [0, 0.05) is 39.4 Å². The molecule has 2 nitrogen and oxygen atoms in total. The standard InChI is InChI=1S/C53H42N2/c1-5-15-39(16-6-1)40-25-29-46(30-26-40)54(44-19-9-3-10-20-44)47-31-27-42-33-35-53(50(42)37-47)36-34-43-28-32-48(38-51(43)53)55(45-21-11-4-12-22-45)52-24-14-13-23-49(52)41-17-7-2-8-18-41/h1-32,37-38H,33-36H2/t53-/m1/s1. The molecule has 0 radical (unpaired) electrons. The molecule has 0 amide bonds. The summed E-state index contributed by atoms with van der Waals surface area (Å²) in [6.07, 6.45) is 4.45. The molecule has 55 heavy (non-hydrogen) atoms. The smallest absolute Gasteiger partial charge is 0.0540 e. The van der Waals surface area contributed by atoms with Crippen molar-refractivity contribution in [2.45, 2.75) is 31.1 Å². The zero-order valence-electron chi connectivity index (χ0n) is 30.9. The number of anilines is 6. The van der Waals surface area contributed by atoms with E-state index >= 15 is 0 Å². The molecule has 2 aliphatic rings. The number of para-hydroxylation sites is 3. The number of benzene rings is 8. The van der Waals surface area contributed by atoms with Crippen molar-refractivity contribution < 1.29 is 0 Å². The van der Waals surface area contributed by atoms with Crippen LogP contribution in [0.1, 0.15) is 35.1 Å². The Labute approximate surface area is 324 Å². The van der Waals surface area contributed by atoms with Crippen molar-refractivity contribution in [1.29, 1.82) is 0 Å². The Balaban J connectivity index is 1.08. The Morgan fingerprint density at radius 3 is 1.33 bits per heavy atom. The Bertz CT molecular complexity index is 2580. The van der Waals surface area contributed by atoms with Crippen molar-refractivity contribution in [3.63, 3.8) is 0 Å². The quantitative estimate of drug-likeness (QED) is 0.155. The number of fused-ring (bicyclic) bond motifs is 4. The fourth-order valence-corrected chi connectivity index (χ4v) is 9.23. The molecule has 2 heteroatoms. The van der Waals surface area contributed by atoms with E-state index in [2.05, 4.69) is 216 Å². The maximum atomic E-state index is 2.52. The van der Waals surface area contributed by atoms with Crippen LogP contribution in [-0.2, 0) is 18.3 Å². The summed E-state index contributed by atoms with van der Waals surface area (Å²) in [5, 5.41) is 0. The minimum Gasteiger partial charge on any atom is -0.310 e. The van der Waals surface area contributed by atoms with Crippen LogP contribution in [0.25, 0.3) is 22.3 Å². The van der Waals surface area contributed by atoms with Crippen LogP contribution in [0.3, 0.4) is 0 Å². The van der Waals surface area contributed by atoms with Crippen molar-refractivity contribution in [1.82, 2.24) is 0 Å². The number of rotatable bonds is 8. The second-order valence-corrected chi connectivity index (χ2v) is 14.9. The van der Waals surface area contributed by atoms with Crippen molar-refractivity contribution in [3.05, 3.63) is 229 Å². The van der Waals surface area contributed by atoms with Gasteiger partial charge in [-0.25, -0.2) is 0 Å². The van der Waals surface area contributed by atoms with Crippen LogP contribution in [0.15, 0.2) is 206 Å². The van der Waals surface area contributed by atoms with E-state index in [-0.39, 0.29) is 5.41 Å². The summed E-state index contributed by atoms with van der Waals surface area (Å²) in [4.78, 5) is 4.88. The summed E-state index contributed by atoms with van der Waals surface area (Å²) in [6, 6.07) is 75.4. The van der Waals surface area contributed by atoms with E-state index in [1.807, 2.05) is 0 Å². The monoisotopic (exact) mass is 706 g/mol. The summed E-state index contributed by atoms with van der Waals surface area (Å²) in [5.74, 6) is 0. The van der Waals surface area contributed by atoms with Gasteiger partial charge in [-0.15, -0.1) is 0 Å². The predicted octanol–water partition coefficient (Wildman–Crippen LogP) is 14.1. The summed E-state index contributed by atoms with van der Waals surface area (Å²) in [5.41, 5.74) is 17.8. The molecule has 8 aromatic carbocycles. The zero-order valence-corrected chi connectivity index (χ0v) is 30.9. The maximum absolute atomic E-state index is 2.52. The Morgan fingerprint density at radius 1 is 0.327 bits per heavy atom. The molecule has 0 aromatic heterocycles. The molecule has 1 spiro atoms. The lowest BCUT2D eigenvalue weighted by Gasteiger charge is -2.32.